The molecule has 0 saturated carbocycles. The number of hydrogen-bond acceptors (Lipinski definition) is 3. The molecule has 0 N–H and O–H groups in total. The van der Waals surface area contributed by atoms with Gasteiger partial charge in [0.1, 0.15) is 0 Å². The summed E-state index contributed by atoms with van der Waals surface area (Å²) in [5, 5.41) is 9.94. The summed E-state index contributed by atoms with van der Waals surface area (Å²) in [6.07, 6.45) is 8.50. The number of halogens is 1. The lowest BCUT2D eigenvalue weighted by Crippen LogP contribution is -2.39. The van der Waals surface area contributed by atoms with E-state index in [4.69, 9.17) is 5.26 Å². The van der Waals surface area contributed by atoms with Gasteiger partial charge in [0.15, 0.2) is 0 Å². The molecule has 4 heteroatoms. The zero-order valence-corrected chi connectivity index (χ0v) is 20.2. The molecular formula is C27H36BrN3. The molecule has 2 aliphatic heterocycles. The number of benzene rings is 2. The summed E-state index contributed by atoms with van der Waals surface area (Å²) in [5.74, 6) is 0. The number of piperidine rings is 2. The summed E-state index contributed by atoms with van der Waals surface area (Å²) < 4.78 is 0. The molecule has 2 unspecified atom stereocenters. The molecule has 2 atom stereocenters. The molecule has 3 nitrogen and oxygen atoms in total. The van der Waals surface area contributed by atoms with Crippen molar-refractivity contribution in [1.29, 1.82) is 5.26 Å². The van der Waals surface area contributed by atoms with Gasteiger partial charge in [-0.2, -0.15) is 5.26 Å². The monoisotopic (exact) mass is 481 g/mol. The van der Waals surface area contributed by atoms with Crippen molar-refractivity contribution in [3.8, 4) is 6.07 Å². The van der Waals surface area contributed by atoms with E-state index in [1.807, 2.05) is 6.07 Å². The van der Waals surface area contributed by atoms with E-state index < -0.39 is 0 Å². The predicted molar refractivity (Wildman–Crippen MR) is 133 cm³/mol. The van der Waals surface area contributed by atoms with E-state index >= 15 is 0 Å². The van der Waals surface area contributed by atoms with Crippen LogP contribution in [0.3, 0.4) is 0 Å². The van der Waals surface area contributed by atoms with Gasteiger partial charge in [-0.1, -0.05) is 89.4 Å². The van der Waals surface area contributed by atoms with Crippen molar-refractivity contribution in [2.45, 2.75) is 70.1 Å². The van der Waals surface area contributed by atoms with Gasteiger partial charge in [0.25, 0.3) is 0 Å². The molecule has 2 saturated heterocycles. The molecule has 0 aliphatic carbocycles. The Morgan fingerprint density at radius 1 is 0.742 bits per heavy atom. The van der Waals surface area contributed by atoms with Crippen LogP contribution >= 0.6 is 15.9 Å². The summed E-state index contributed by atoms with van der Waals surface area (Å²) in [6.45, 7) is 4.50. The van der Waals surface area contributed by atoms with Gasteiger partial charge in [-0.15, -0.1) is 0 Å². The average molecular weight is 483 g/mol. The molecule has 0 radical (unpaired) electrons. The Morgan fingerprint density at radius 3 is 1.71 bits per heavy atom. The minimum absolute atomic E-state index is 0.471. The number of alkyl halides is 1. The molecule has 0 aromatic heterocycles. The third-order valence-corrected chi connectivity index (χ3v) is 7.21. The highest BCUT2D eigenvalue weighted by Crippen LogP contribution is 2.22. The molecule has 0 spiro atoms. The number of nitriles is 1. The maximum absolute atomic E-state index is 8.83. The second kappa shape index (κ2) is 13.7. The second-order valence-corrected chi connectivity index (χ2v) is 9.38. The van der Waals surface area contributed by atoms with Crippen molar-refractivity contribution in [2.75, 3.05) is 18.4 Å². The van der Waals surface area contributed by atoms with Crippen molar-refractivity contribution >= 4 is 15.9 Å². The Kier molecular flexibility index (Phi) is 10.6. The number of nitrogens with zero attached hydrogens (tertiary/aromatic N) is 3. The van der Waals surface area contributed by atoms with E-state index in [2.05, 4.69) is 86.4 Å². The zero-order valence-electron chi connectivity index (χ0n) is 18.6. The normalized spacial score (nSPS) is 22.2. The van der Waals surface area contributed by atoms with Gasteiger partial charge < -0.3 is 0 Å². The van der Waals surface area contributed by atoms with Gasteiger partial charge in [0, 0.05) is 30.5 Å². The summed E-state index contributed by atoms with van der Waals surface area (Å²) in [5.41, 5.74) is 2.79. The first-order chi connectivity index (χ1) is 15.3. The highest BCUT2D eigenvalue weighted by molar-refractivity contribution is 9.09. The summed E-state index contributed by atoms with van der Waals surface area (Å²) in [7, 11) is 0. The van der Waals surface area contributed by atoms with Gasteiger partial charge in [-0.05, 0) is 49.9 Å². The molecule has 4 rings (SSSR count). The maximum Gasteiger partial charge on any atom is 0.0638 e. The van der Waals surface area contributed by atoms with Crippen molar-refractivity contribution in [3.63, 3.8) is 0 Å². The molecule has 2 heterocycles. The Bertz CT molecular complexity index is 774. The Labute approximate surface area is 197 Å². The molecule has 166 valence electrons. The molecule has 2 aliphatic rings. The molecule has 31 heavy (non-hydrogen) atoms. The Hall–Kier alpha value is -1.67. The lowest BCUT2D eigenvalue weighted by Gasteiger charge is -2.34. The molecule has 2 fully saturated rings. The fraction of sp³-hybridized carbons (Fsp3) is 0.519. The van der Waals surface area contributed by atoms with Crippen LogP contribution in [0.2, 0.25) is 0 Å². The van der Waals surface area contributed by atoms with Crippen LogP contribution in [0.25, 0.3) is 0 Å². The van der Waals surface area contributed by atoms with Crippen molar-refractivity contribution < 1.29 is 0 Å². The minimum atomic E-state index is 0.471. The van der Waals surface area contributed by atoms with E-state index in [0.29, 0.717) is 12.5 Å². The van der Waals surface area contributed by atoms with Crippen LogP contribution in [0.5, 0.6) is 0 Å². The van der Waals surface area contributed by atoms with E-state index in [-0.39, 0.29) is 0 Å². The second-order valence-electron chi connectivity index (χ2n) is 8.73. The third-order valence-electron chi connectivity index (χ3n) is 6.46. The van der Waals surface area contributed by atoms with Crippen LogP contribution in [0.15, 0.2) is 60.7 Å². The first-order valence-electron chi connectivity index (χ1n) is 11.8. The topological polar surface area (TPSA) is 30.3 Å². The lowest BCUT2D eigenvalue weighted by atomic mass is 9.99. The van der Waals surface area contributed by atoms with E-state index in [9.17, 15) is 0 Å². The van der Waals surface area contributed by atoms with Gasteiger partial charge in [0.2, 0.25) is 0 Å². The fourth-order valence-corrected chi connectivity index (χ4v) is 5.42. The van der Waals surface area contributed by atoms with Gasteiger partial charge >= 0.3 is 0 Å². The number of rotatable bonds is 6. The molecular weight excluding hydrogens is 446 g/mol. The molecule has 0 amide bonds. The third kappa shape index (κ3) is 8.07. The first-order valence-corrected chi connectivity index (χ1v) is 12.9. The minimum Gasteiger partial charge on any atom is -0.295 e. The number of likely N-dealkylation sites (tertiary alicyclic amines) is 2. The van der Waals surface area contributed by atoms with Crippen LogP contribution in [-0.2, 0) is 13.1 Å². The highest BCUT2D eigenvalue weighted by atomic mass is 79.9. The van der Waals surface area contributed by atoms with Crippen LogP contribution in [0.1, 0.15) is 56.1 Å². The van der Waals surface area contributed by atoms with Crippen LogP contribution in [0, 0.1) is 11.3 Å². The lowest BCUT2D eigenvalue weighted by molar-refractivity contribution is 0.142. The SMILES string of the molecule is BrCC1CCCCN1Cc1ccccc1.N#CCC1CCCCN1Cc1ccccc1. The summed E-state index contributed by atoms with van der Waals surface area (Å²) >= 11 is 3.62. The van der Waals surface area contributed by atoms with Crippen LogP contribution < -0.4 is 0 Å². The van der Waals surface area contributed by atoms with E-state index in [1.165, 1.54) is 56.2 Å². The predicted octanol–water partition coefficient (Wildman–Crippen LogP) is 6.39. The van der Waals surface area contributed by atoms with Crippen molar-refractivity contribution in [2.24, 2.45) is 0 Å². The van der Waals surface area contributed by atoms with E-state index in [1.54, 1.807) is 0 Å². The van der Waals surface area contributed by atoms with Crippen LogP contribution in [-0.4, -0.2) is 40.3 Å². The maximum atomic E-state index is 8.83. The first kappa shape index (κ1) is 24.0. The molecule has 2 aromatic carbocycles. The van der Waals surface area contributed by atoms with Gasteiger partial charge in [-0.25, -0.2) is 0 Å². The molecule has 0 bridgehead atoms. The highest BCUT2D eigenvalue weighted by Gasteiger charge is 2.22. The van der Waals surface area contributed by atoms with Gasteiger partial charge in [-0.3, -0.25) is 9.80 Å². The van der Waals surface area contributed by atoms with Gasteiger partial charge in [0.05, 0.1) is 12.5 Å². The molecule has 2 aromatic rings. The largest absolute Gasteiger partial charge is 0.295 e. The van der Waals surface area contributed by atoms with Crippen molar-refractivity contribution in [3.05, 3.63) is 71.8 Å². The number of hydrogen-bond donors (Lipinski definition) is 0. The fourth-order valence-electron chi connectivity index (χ4n) is 4.68. The van der Waals surface area contributed by atoms with E-state index in [0.717, 1.165) is 31.0 Å². The Balaban J connectivity index is 0.000000176. The van der Waals surface area contributed by atoms with Crippen molar-refractivity contribution in [1.82, 2.24) is 9.80 Å². The smallest absolute Gasteiger partial charge is 0.0638 e. The standard InChI is InChI=1S/C14H18N2.C13H18BrN/c15-10-9-14-8-4-5-11-16(14)12-13-6-2-1-3-7-13;14-10-13-8-4-5-9-15(13)11-12-6-2-1-3-7-12/h1-3,6-7,14H,4-5,8-9,11-12H2;1-3,6-7,13H,4-5,8-11H2. The van der Waals surface area contributed by atoms with Crippen LogP contribution in [0.4, 0.5) is 0 Å². The Morgan fingerprint density at radius 2 is 1.23 bits per heavy atom. The average Bonchev–Trinajstić information content (AvgIpc) is 2.83. The zero-order chi connectivity index (χ0) is 21.7. The summed E-state index contributed by atoms with van der Waals surface area (Å²) in [4.78, 5) is 5.07. The quantitative estimate of drug-likeness (QED) is 0.447. The summed E-state index contributed by atoms with van der Waals surface area (Å²) in [6, 6.07) is 24.8.